The molecule has 116 valence electrons. The summed E-state index contributed by atoms with van der Waals surface area (Å²) in [7, 11) is 0. The van der Waals surface area contributed by atoms with E-state index in [1.165, 1.54) is 19.2 Å². The number of benzene rings is 2. The summed E-state index contributed by atoms with van der Waals surface area (Å²) in [6.45, 7) is 1.35. The highest BCUT2D eigenvalue weighted by atomic mass is 19.2. The molecule has 3 rings (SSSR count). The Balaban J connectivity index is 2.37. The number of hydrogen-bond acceptors (Lipinski definition) is 3. The molecule has 0 atom stereocenters. The summed E-state index contributed by atoms with van der Waals surface area (Å²) in [6.07, 6.45) is 1.27. The lowest BCUT2D eigenvalue weighted by atomic mass is 9.98. The van der Waals surface area contributed by atoms with Gasteiger partial charge in [-0.15, -0.1) is 0 Å². The zero-order valence-electron chi connectivity index (χ0n) is 12.0. The van der Waals surface area contributed by atoms with Crippen molar-refractivity contribution in [2.75, 3.05) is 5.73 Å². The summed E-state index contributed by atoms with van der Waals surface area (Å²) in [6, 6.07) is 6.02. The Morgan fingerprint density at radius 3 is 2.57 bits per heavy atom. The van der Waals surface area contributed by atoms with E-state index in [4.69, 9.17) is 5.73 Å². The number of hydrogen-bond donors (Lipinski definition) is 1. The van der Waals surface area contributed by atoms with Gasteiger partial charge in [0.2, 0.25) is 0 Å². The summed E-state index contributed by atoms with van der Waals surface area (Å²) in [5, 5.41) is 0.416. The molecule has 1 heterocycles. The van der Waals surface area contributed by atoms with Crippen LogP contribution in [0.3, 0.4) is 0 Å². The van der Waals surface area contributed by atoms with E-state index in [9.17, 15) is 18.0 Å². The number of ketones is 1. The smallest absolute Gasteiger partial charge is 0.166 e. The molecule has 0 spiro atoms. The van der Waals surface area contributed by atoms with Gasteiger partial charge in [0.25, 0.3) is 0 Å². The Hall–Kier alpha value is -2.89. The fourth-order valence-corrected chi connectivity index (χ4v) is 2.49. The molecule has 0 saturated carbocycles. The lowest BCUT2D eigenvalue weighted by molar-refractivity contribution is 0.101. The normalized spacial score (nSPS) is 11.0. The number of carbonyl (C=O) groups is 1. The highest BCUT2D eigenvalue weighted by molar-refractivity contribution is 6.08. The number of anilines is 1. The van der Waals surface area contributed by atoms with E-state index in [1.54, 1.807) is 12.1 Å². The number of nitrogens with zero attached hydrogens (tertiary/aromatic N) is 1. The highest BCUT2D eigenvalue weighted by Gasteiger charge is 2.17. The fourth-order valence-electron chi connectivity index (χ4n) is 2.49. The average Bonchev–Trinajstić information content (AvgIpc) is 2.50. The van der Waals surface area contributed by atoms with Crippen molar-refractivity contribution >= 4 is 22.4 Å². The van der Waals surface area contributed by atoms with E-state index < -0.39 is 17.5 Å². The van der Waals surface area contributed by atoms with E-state index in [0.717, 1.165) is 6.07 Å². The molecule has 0 aliphatic rings. The molecule has 3 nitrogen and oxygen atoms in total. The molecular formula is C17H11F3N2O. The third-order valence-electron chi connectivity index (χ3n) is 3.60. The van der Waals surface area contributed by atoms with Crippen LogP contribution in [0.25, 0.3) is 22.0 Å². The highest BCUT2D eigenvalue weighted by Crippen LogP contribution is 2.34. The number of para-hydroxylation sites is 1. The molecule has 2 N–H and O–H groups in total. The van der Waals surface area contributed by atoms with Crippen LogP contribution in [0.5, 0.6) is 0 Å². The van der Waals surface area contributed by atoms with Crippen molar-refractivity contribution in [2.45, 2.75) is 6.92 Å². The molecule has 0 unspecified atom stereocenters. The SMILES string of the molecule is CC(=O)c1cnc2c(-c3cc(F)cc(F)c3F)cccc2c1N. The summed E-state index contributed by atoms with van der Waals surface area (Å²) < 4.78 is 41.0. The number of nitrogen functional groups attached to an aromatic ring is 1. The van der Waals surface area contributed by atoms with Crippen LogP contribution in [0.4, 0.5) is 18.9 Å². The minimum absolute atomic E-state index is 0.195. The lowest BCUT2D eigenvalue weighted by Crippen LogP contribution is -2.02. The number of Topliss-reactive ketones (excluding diaryl/α,β-unsaturated/α-hetero) is 1. The first-order valence-corrected chi connectivity index (χ1v) is 6.73. The topological polar surface area (TPSA) is 56.0 Å². The van der Waals surface area contributed by atoms with Gasteiger partial charge in [-0.25, -0.2) is 13.2 Å². The Morgan fingerprint density at radius 2 is 1.87 bits per heavy atom. The zero-order chi connectivity index (χ0) is 16.7. The summed E-state index contributed by atoms with van der Waals surface area (Å²) >= 11 is 0. The van der Waals surface area contributed by atoms with Crippen molar-refractivity contribution in [3.05, 3.63) is 59.5 Å². The van der Waals surface area contributed by atoms with Crippen LogP contribution in [0.2, 0.25) is 0 Å². The molecule has 0 amide bonds. The number of nitrogens with two attached hydrogens (primary N) is 1. The van der Waals surface area contributed by atoms with Crippen molar-refractivity contribution in [1.29, 1.82) is 0 Å². The quantitative estimate of drug-likeness (QED) is 0.572. The van der Waals surface area contributed by atoms with E-state index in [2.05, 4.69) is 4.98 Å². The molecule has 2 aromatic carbocycles. The molecular weight excluding hydrogens is 305 g/mol. The maximum atomic E-state index is 14.0. The number of halogens is 3. The van der Waals surface area contributed by atoms with E-state index in [1.807, 2.05) is 0 Å². The molecule has 1 aromatic heterocycles. The first-order valence-electron chi connectivity index (χ1n) is 6.73. The standard InChI is InChI=1S/C17H11F3N2O/c1-8(23)13-7-22-17-10(3-2-4-11(17)16(13)21)12-5-9(18)6-14(19)15(12)20/h2-7H,1H3,(H2,21,22). The Kier molecular flexibility index (Phi) is 3.52. The predicted octanol–water partition coefficient (Wildman–Crippen LogP) is 4.10. The molecule has 23 heavy (non-hydrogen) atoms. The summed E-state index contributed by atoms with van der Waals surface area (Å²) in [4.78, 5) is 15.7. The maximum Gasteiger partial charge on any atom is 0.166 e. The van der Waals surface area contributed by atoms with Crippen LogP contribution in [-0.2, 0) is 0 Å². The Bertz CT molecular complexity index is 954. The van der Waals surface area contributed by atoms with Crippen LogP contribution in [0, 0.1) is 17.5 Å². The zero-order valence-corrected chi connectivity index (χ0v) is 12.0. The van der Waals surface area contributed by atoms with Crippen molar-refractivity contribution in [1.82, 2.24) is 4.98 Å². The van der Waals surface area contributed by atoms with Gasteiger partial charge in [0.1, 0.15) is 5.82 Å². The van der Waals surface area contributed by atoms with Crippen molar-refractivity contribution in [3.8, 4) is 11.1 Å². The number of rotatable bonds is 2. The van der Waals surface area contributed by atoms with Crippen molar-refractivity contribution in [3.63, 3.8) is 0 Å². The van der Waals surface area contributed by atoms with Gasteiger partial charge in [0, 0.05) is 28.8 Å². The Morgan fingerprint density at radius 1 is 1.13 bits per heavy atom. The van der Waals surface area contributed by atoms with Crippen LogP contribution in [-0.4, -0.2) is 10.8 Å². The average molecular weight is 316 g/mol. The number of aromatic nitrogens is 1. The minimum atomic E-state index is -1.29. The van der Waals surface area contributed by atoms with Crippen LogP contribution >= 0.6 is 0 Å². The van der Waals surface area contributed by atoms with E-state index in [-0.39, 0.29) is 33.7 Å². The second kappa shape index (κ2) is 5.39. The lowest BCUT2D eigenvalue weighted by Gasteiger charge is -2.11. The predicted molar refractivity (Wildman–Crippen MR) is 81.5 cm³/mol. The van der Waals surface area contributed by atoms with Gasteiger partial charge in [-0.3, -0.25) is 9.78 Å². The van der Waals surface area contributed by atoms with Crippen LogP contribution < -0.4 is 5.73 Å². The molecule has 0 aliphatic heterocycles. The third-order valence-corrected chi connectivity index (χ3v) is 3.60. The molecule has 6 heteroatoms. The van der Waals surface area contributed by atoms with Crippen LogP contribution in [0.1, 0.15) is 17.3 Å². The van der Waals surface area contributed by atoms with Gasteiger partial charge in [-0.2, -0.15) is 0 Å². The van der Waals surface area contributed by atoms with Gasteiger partial charge in [0.15, 0.2) is 17.4 Å². The summed E-state index contributed by atoms with van der Waals surface area (Å²) in [5.41, 5.74) is 6.60. The molecule has 0 radical (unpaired) electrons. The van der Waals surface area contributed by atoms with Gasteiger partial charge < -0.3 is 5.73 Å². The largest absolute Gasteiger partial charge is 0.398 e. The van der Waals surface area contributed by atoms with E-state index in [0.29, 0.717) is 11.5 Å². The summed E-state index contributed by atoms with van der Waals surface area (Å²) in [5.74, 6) is -3.62. The Labute approximate surface area is 129 Å². The maximum absolute atomic E-state index is 14.0. The van der Waals surface area contributed by atoms with Crippen molar-refractivity contribution < 1.29 is 18.0 Å². The van der Waals surface area contributed by atoms with Gasteiger partial charge in [-0.05, 0) is 13.0 Å². The molecule has 0 bridgehead atoms. The minimum Gasteiger partial charge on any atom is -0.398 e. The first-order chi connectivity index (χ1) is 10.9. The molecule has 3 aromatic rings. The monoisotopic (exact) mass is 316 g/mol. The van der Waals surface area contributed by atoms with E-state index >= 15 is 0 Å². The van der Waals surface area contributed by atoms with Gasteiger partial charge in [-0.1, -0.05) is 18.2 Å². The van der Waals surface area contributed by atoms with Crippen LogP contribution in [0.15, 0.2) is 36.5 Å². The van der Waals surface area contributed by atoms with Crippen molar-refractivity contribution in [2.24, 2.45) is 0 Å². The fraction of sp³-hybridized carbons (Fsp3) is 0.0588. The number of pyridine rings is 1. The third kappa shape index (κ3) is 2.42. The van der Waals surface area contributed by atoms with Gasteiger partial charge >= 0.3 is 0 Å². The second-order valence-corrected chi connectivity index (χ2v) is 5.09. The second-order valence-electron chi connectivity index (χ2n) is 5.09. The number of carbonyl (C=O) groups excluding carboxylic acids is 1. The molecule has 0 aliphatic carbocycles. The molecule has 0 fully saturated rings. The van der Waals surface area contributed by atoms with Gasteiger partial charge in [0.05, 0.1) is 16.8 Å². The molecule has 0 saturated heterocycles. The number of fused-ring (bicyclic) bond motifs is 1. The first kappa shape index (κ1) is 15.0.